The summed E-state index contributed by atoms with van der Waals surface area (Å²) in [5, 5.41) is 0.772. The molecule has 5 nitrogen and oxygen atoms in total. The van der Waals surface area contributed by atoms with Crippen LogP contribution in [0.4, 0.5) is 0 Å². The Kier molecular flexibility index (Phi) is 2.84. The van der Waals surface area contributed by atoms with Gasteiger partial charge in [0.25, 0.3) is 11.8 Å². The molecule has 2 aromatic carbocycles. The van der Waals surface area contributed by atoms with E-state index in [-0.39, 0.29) is 29.6 Å². The molecule has 2 atom stereocenters. The van der Waals surface area contributed by atoms with E-state index in [9.17, 15) is 14.4 Å². The molecule has 2 amide bonds. The Morgan fingerprint density at radius 3 is 1.56 bits per heavy atom. The second kappa shape index (κ2) is 5.06. The van der Waals surface area contributed by atoms with Crippen LogP contribution in [0.5, 0.6) is 0 Å². The average Bonchev–Trinajstić information content (AvgIpc) is 3.52. The lowest BCUT2D eigenvalue weighted by atomic mass is 9.55. The maximum atomic E-state index is 13.2. The first-order valence-corrected chi connectivity index (χ1v) is 9.44. The molecule has 27 heavy (non-hydrogen) atoms. The van der Waals surface area contributed by atoms with Gasteiger partial charge in [0.1, 0.15) is 0 Å². The largest absolute Gasteiger partial charge is 0.336 e. The van der Waals surface area contributed by atoms with Gasteiger partial charge in [0, 0.05) is 11.8 Å². The highest BCUT2D eigenvalue weighted by atomic mass is 16.7. The number of hydrogen-bond donors (Lipinski definition) is 0. The van der Waals surface area contributed by atoms with Crippen molar-refractivity contribution in [3.8, 4) is 0 Å². The molecule has 7 rings (SSSR count). The number of amides is 2. The fourth-order valence-electron chi connectivity index (χ4n) is 5.22. The average molecular weight is 359 g/mol. The Morgan fingerprint density at radius 2 is 1.19 bits per heavy atom. The van der Waals surface area contributed by atoms with Crippen molar-refractivity contribution in [2.24, 2.45) is 17.8 Å². The molecule has 0 aromatic heterocycles. The van der Waals surface area contributed by atoms with E-state index in [1.54, 1.807) is 0 Å². The van der Waals surface area contributed by atoms with Crippen LogP contribution in [0.1, 0.15) is 46.9 Å². The summed E-state index contributed by atoms with van der Waals surface area (Å²) in [6.07, 6.45) is 1.54. The zero-order chi connectivity index (χ0) is 18.3. The van der Waals surface area contributed by atoms with Crippen LogP contribution in [0.25, 0.3) is 0 Å². The lowest BCUT2D eigenvalue weighted by Crippen LogP contribution is -2.41. The highest BCUT2D eigenvalue weighted by molar-refractivity contribution is 6.07. The van der Waals surface area contributed by atoms with Gasteiger partial charge in [-0.25, -0.2) is 4.79 Å². The number of nitrogens with zero attached hydrogens (tertiary/aromatic N) is 1. The maximum Gasteiger partial charge on any atom is 0.336 e. The molecule has 4 aliphatic carbocycles. The second-order valence-corrected chi connectivity index (χ2v) is 7.92. The number of imide groups is 1. The summed E-state index contributed by atoms with van der Waals surface area (Å²) in [5.41, 5.74) is 4.44. The van der Waals surface area contributed by atoms with Crippen LogP contribution in [0.3, 0.4) is 0 Å². The van der Waals surface area contributed by atoms with Crippen LogP contribution in [-0.2, 0) is 19.2 Å². The van der Waals surface area contributed by atoms with Crippen LogP contribution in [-0.4, -0.2) is 22.8 Å². The quantitative estimate of drug-likeness (QED) is 0.774. The van der Waals surface area contributed by atoms with Crippen molar-refractivity contribution in [2.45, 2.75) is 24.7 Å². The lowest BCUT2D eigenvalue weighted by Gasteiger charge is -2.45. The van der Waals surface area contributed by atoms with Gasteiger partial charge in [-0.1, -0.05) is 48.5 Å². The highest BCUT2D eigenvalue weighted by Crippen LogP contribution is 2.61. The summed E-state index contributed by atoms with van der Waals surface area (Å²) < 4.78 is 0. The van der Waals surface area contributed by atoms with Crippen LogP contribution < -0.4 is 0 Å². The molecule has 0 unspecified atom stereocenters. The molecule has 0 spiro atoms. The molecule has 1 saturated heterocycles. The van der Waals surface area contributed by atoms with Crippen molar-refractivity contribution in [1.82, 2.24) is 5.06 Å². The predicted octanol–water partition coefficient (Wildman–Crippen LogP) is 2.75. The molecule has 134 valence electrons. The van der Waals surface area contributed by atoms with Crippen molar-refractivity contribution in [2.75, 3.05) is 0 Å². The van der Waals surface area contributed by atoms with E-state index in [4.69, 9.17) is 4.84 Å². The van der Waals surface area contributed by atoms with Gasteiger partial charge >= 0.3 is 5.97 Å². The van der Waals surface area contributed by atoms with Crippen molar-refractivity contribution in [3.05, 3.63) is 70.8 Å². The summed E-state index contributed by atoms with van der Waals surface area (Å²) in [5.74, 6) is -2.73. The van der Waals surface area contributed by atoms with Crippen molar-refractivity contribution < 1.29 is 19.2 Å². The minimum Gasteiger partial charge on any atom is -0.330 e. The molecular formula is C22H17NO4. The second-order valence-electron chi connectivity index (χ2n) is 7.92. The number of benzene rings is 2. The van der Waals surface area contributed by atoms with Crippen LogP contribution in [0, 0.1) is 17.8 Å². The van der Waals surface area contributed by atoms with E-state index in [2.05, 4.69) is 24.3 Å². The van der Waals surface area contributed by atoms with Crippen LogP contribution in [0.15, 0.2) is 48.5 Å². The molecule has 2 aromatic rings. The fraction of sp³-hybridized carbons (Fsp3) is 0.318. The minimum atomic E-state index is -0.501. The third-order valence-corrected chi connectivity index (χ3v) is 6.50. The first-order chi connectivity index (χ1) is 13.2. The third-order valence-electron chi connectivity index (χ3n) is 6.50. The van der Waals surface area contributed by atoms with E-state index in [1.807, 2.05) is 24.3 Å². The molecule has 2 fully saturated rings. The first-order valence-electron chi connectivity index (χ1n) is 9.44. The number of carbonyl (C=O) groups is 3. The Labute approximate surface area is 155 Å². The van der Waals surface area contributed by atoms with Gasteiger partial charge in [0.2, 0.25) is 0 Å². The van der Waals surface area contributed by atoms with Gasteiger partial charge in [-0.15, -0.1) is 5.06 Å². The summed E-state index contributed by atoms with van der Waals surface area (Å²) >= 11 is 0. The van der Waals surface area contributed by atoms with Gasteiger partial charge in [0.05, 0.1) is 17.8 Å². The summed E-state index contributed by atoms with van der Waals surface area (Å²) in [6, 6.07) is 16.1. The predicted molar refractivity (Wildman–Crippen MR) is 94.2 cm³/mol. The van der Waals surface area contributed by atoms with Gasteiger partial charge in [0.15, 0.2) is 0 Å². The van der Waals surface area contributed by atoms with E-state index in [1.165, 1.54) is 0 Å². The van der Waals surface area contributed by atoms with Crippen molar-refractivity contribution in [1.29, 1.82) is 0 Å². The normalized spacial score (nSPS) is 30.0. The summed E-state index contributed by atoms with van der Waals surface area (Å²) in [4.78, 5) is 43.7. The Bertz CT molecular complexity index is 909. The first kappa shape index (κ1) is 15.1. The summed E-state index contributed by atoms with van der Waals surface area (Å²) in [6.45, 7) is 0. The van der Waals surface area contributed by atoms with Crippen molar-refractivity contribution in [3.63, 3.8) is 0 Å². The van der Waals surface area contributed by atoms with Gasteiger partial charge < -0.3 is 4.84 Å². The zero-order valence-electron chi connectivity index (χ0n) is 14.5. The highest BCUT2D eigenvalue weighted by Gasteiger charge is 2.63. The molecule has 0 N–H and O–H groups in total. The van der Waals surface area contributed by atoms with Crippen LogP contribution in [0.2, 0.25) is 0 Å². The number of rotatable bonds is 2. The number of hydroxylamine groups is 2. The van der Waals surface area contributed by atoms with E-state index in [0.717, 1.165) is 40.2 Å². The molecule has 1 aliphatic heterocycles. The fourth-order valence-corrected chi connectivity index (χ4v) is 5.22. The van der Waals surface area contributed by atoms with E-state index in [0.29, 0.717) is 0 Å². The maximum absolute atomic E-state index is 13.2. The smallest absolute Gasteiger partial charge is 0.330 e. The van der Waals surface area contributed by atoms with E-state index < -0.39 is 17.8 Å². The Morgan fingerprint density at radius 1 is 0.778 bits per heavy atom. The molecule has 1 heterocycles. The molecule has 0 radical (unpaired) electrons. The van der Waals surface area contributed by atoms with Gasteiger partial charge in [-0.05, 0) is 35.1 Å². The molecule has 2 bridgehead atoms. The number of hydrogen-bond acceptors (Lipinski definition) is 4. The topological polar surface area (TPSA) is 63.7 Å². The Balaban J connectivity index is 1.50. The summed E-state index contributed by atoms with van der Waals surface area (Å²) in [7, 11) is 0. The molecule has 5 aliphatic rings. The molecular weight excluding hydrogens is 342 g/mol. The minimum absolute atomic E-state index is 0.167. The van der Waals surface area contributed by atoms with E-state index >= 15 is 0 Å². The van der Waals surface area contributed by atoms with Gasteiger partial charge in [-0.2, -0.15) is 0 Å². The zero-order valence-corrected chi connectivity index (χ0v) is 14.5. The molecule has 5 heteroatoms. The van der Waals surface area contributed by atoms with Gasteiger partial charge in [-0.3, -0.25) is 9.59 Å². The molecule has 1 saturated carbocycles. The number of carbonyl (C=O) groups excluding carboxylic acids is 3. The standard InChI is InChI=1S/C22H17NO4/c24-20-18-16-12-5-1-2-6-13(12)17(15-8-4-3-7-14(15)16)19(18)21(25)23(20)27-22(26)11-9-10-11/h1-8,11,16-19H,9-10H2/t16?,17?,18-,19-/m1/s1. The van der Waals surface area contributed by atoms with Crippen molar-refractivity contribution >= 4 is 17.8 Å². The monoisotopic (exact) mass is 359 g/mol. The SMILES string of the molecule is O=C(ON1C(=O)[C@@H]2C3c4ccccc4C(c4ccccc43)[C@H]2C1=O)C1CC1. The Hall–Kier alpha value is -2.95. The lowest BCUT2D eigenvalue weighted by molar-refractivity contribution is -0.199. The third kappa shape index (κ3) is 1.86. The van der Waals surface area contributed by atoms with Crippen LogP contribution >= 0.6 is 0 Å².